The lowest BCUT2D eigenvalue weighted by Gasteiger charge is -2.24. The Balaban J connectivity index is 0.000000406. The first-order chi connectivity index (χ1) is 16.1. The van der Waals surface area contributed by atoms with E-state index in [9.17, 15) is 13.2 Å². The van der Waals surface area contributed by atoms with Gasteiger partial charge in [-0.2, -0.15) is 13.2 Å². The number of halogens is 4. The zero-order chi connectivity index (χ0) is 24.9. The molecular weight excluding hydrogens is 507 g/mol. The summed E-state index contributed by atoms with van der Waals surface area (Å²) in [5.41, 5.74) is 12.3. The summed E-state index contributed by atoms with van der Waals surface area (Å²) in [6.07, 6.45) is 3.05. The Morgan fingerprint density at radius 2 is 2.12 bits per heavy atom. The molecule has 3 aromatic rings. The summed E-state index contributed by atoms with van der Waals surface area (Å²) >= 11 is 9.84. The van der Waals surface area contributed by atoms with Crippen molar-refractivity contribution in [3.8, 4) is 0 Å². The standard InChI is InChI=1S/C21H20ClN3S2.C2HF3O2/c1-2-6-15-19-21(27-20(15)14-8-3-4-9-16(14)23)17(11-18(22)25-19)24-12-13-7-5-10-26-13;3-2(4,5)1(6)7/h3-7,10-11,14,16H,1,8-9,12,23H2,(H,24,25);(H,6,7)/t14-,16-;/m1./s1. The third kappa shape index (κ3) is 6.28. The van der Waals surface area contributed by atoms with Gasteiger partial charge in [-0.05, 0) is 30.4 Å². The van der Waals surface area contributed by atoms with Crippen LogP contribution in [0.2, 0.25) is 5.15 Å². The van der Waals surface area contributed by atoms with Gasteiger partial charge in [0.1, 0.15) is 5.15 Å². The molecule has 0 aromatic carbocycles. The Labute approximate surface area is 207 Å². The lowest BCUT2D eigenvalue weighted by atomic mass is 9.87. The van der Waals surface area contributed by atoms with Gasteiger partial charge in [0.2, 0.25) is 0 Å². The van der Waals surface area contributed by atoms with E-state index in [1.165, 1.54) is 9.75 Å². The van der Waals surface area contributed by atoms with Crippen LogP contribution in [0.5, 0.6) is 0 Å². The fourth-order valence-electron chi connectivity index (χ4n) is 3.45. The normalized spacial score (nSPS) is 17.6. The highest BCUT2D eigenvalue weighted by molar-refractivity contribution is 7.20. The predicted molar refractivity (Wildman–Crippen MR) is 133 cm³/mol. The fraction of sp³-hybridized carbons (Fsp3) is 0.261. The first-order valence-corrected chi connectivity index (χ1v) is 12.1. The number of nitrogens with one attached hydrogen (secondary N) is 1. The average Bonchev–Trinajstić information content (AvgIpc) is 3.41. The lowest BCUT2D eigenvalue weighted by Crippen LogP contribution is -2.29. The van der Waals surface area contributed by atoms with Crippen LogP contribution in [0.1, 0.15) is 34.1 Å². The number of nitrogens with zero attached hydrogens (tertiary/aromatic N) is 1. The molecule has 0 amide bonds. The number of carboxylic acids is 1. The van der Waals surface area contributed by atoms with Crippen LogP contribution in [0.3, 0.4) is 0 Å². The maximum atomic E-state index is 10.6. The Morgan fingerprint density at radius 1 is 1.41 bits per heavy atom. The van der Waals surface area contributed by atoms with Crippen molar-refractivity contribution in [2.45, 2.75) is 37.5 Å². The van der Waals surface area contributed by atoms with Gasteiger partial charge in [0.15, 0.2) is 0 Å². The van der Waals surface area contributed by atoms with Crippen molar-refractivity contribution in [3.05, 3.63) is 68.5 Å². The summed E-state index contributed by atoms with van der Waals surface area (Å²) in [6.45, 7) is 4.53. The number of pyridine rings is 1. The maximum Gasteiger partial charge on any atom is 0.490 e. The maximum absolute atomic E-state index is 10.6. The number of carbonyl (C=O) groups is 1. The smallest absolute Gasteiger partial charge is 0.475 e. The number of nitrogens with two attached hydrogens (primary N) is 1. The highest BCUT2D eigenvalue weighted by Crippen LogP contribution is 2.43. The van der Waals surface area contributed by atoms with Crippen LogP contribution in [-0.2, 0) is 11.3 Å². The zero-order valence-corrected chi connectivity index (χ0v) is 20.1. The van der Waals surface area contributed by atoms with Gasteiger partial charge in [-0.15, -0.1) is 28.4 Å². The van der Waals surface area contributed by atoms with Crippen molar-refractivity contribution in [1.29, 1.82) is 0 Å². The molecule has 0 spiro atoms. The number of hydrogen-bond donors (Lipinski definition) is 3. The van der Waals surface area contributed by atoms with Crippen molar-refractivity contribution < 1.29 is 23.1 Å². The highest BCUT2D eigenvalue weighted by Gasteiger charge is 2.38. The average molecular weight is 528 g/mol. The third-order valence-corrected chi connectivity index (χ3v) is 7.44. The number of allylic oxidation sites excluding steroid dienone is 1. The van der Waals surface area contributed by atoms with Gasteiger partial charge in [0.05, 0.1) is 15.9 Å². The molecule has 11 heteroatoms. The number of anilines is 1. The van der Waals surface area contributed by atoms with Crippen LogP contribution in [0, 0.1) is 0 Å². The summed E-state index contributed by atoms with van der Waals surface area (Å²) in [4.78, 5) is 16.0. The molecule has 3 aromatic heterocycles. The molecule has 34 heavy (non-hydrogen) atoms. The van der Waals surface area contributed by atoms with E-state index in [0.717, 1.165) is 40.9 Å². The number of thiophene rings is 2. The number of rotatable bonds is 5. The van der Waals surface area contributed by atoms with E-state index in [1.807, 2.05) is 12.1 Å². The molecule has 0 fully saturated rings. The van der Waals surface area contributed by atoms with Crippen molar-refractivity contribution in [2.24, 2.45) is 5.73 Å². The van der Waals surface area contributed by atoms with Gasteiger partial charge in [0, 0.05) is 39.9 Å². The van der Waals surface area contributed by atoms with E-state index >= 15 is 0 Å². The molecule has 0 saturated heterocycles. The first-order valence-electron chi connectivity index (χ1n) is 10.1. The van der Waals surface area contributed by atoms with E-state index < -0.39 is 12.1 Å². The monoisotopic (exact) mass is 527 g/mol. The molecule has 4 N–H and O–H groups in total. The summed E-state index contributed by atoms with van der Waals surface area (Å²) in [6, 6.07) is 6.19. The van der Waals surface area contributed by atoms with Crippen LogP contribution in [0.25, 0.3) is 16.3 Å². The minimum absolute atomic E-state index is 0.109. The van der Waals surface area contributed by atoms with Crippen molar-refractivity contribution in [2.75, 3.05) is 5.32 Å². The van der Waals surface area contributed by atoms with Crippen LogP contribution in [-0.4, -0.2) is 28.3 Å². The minimum atomic E-state index is -5.08. The SMILES string of the molecule is C=C=Cc1c([C@@H]2CC=CC[C@H]2N)sc2c(NCc3cccs3)cc(Cl)nc12.O=C(O)C(F)(F)F. The molecule has 2 atom stereocenters. The van der Waals surface area contributed by atoms with Crippen molar-refractivity contribution >= 4 is 62.2 Å². The van der Waals surface area contributed by atoms with E-state index in [1.54, 1.807) is 22.7 Å². The molecule has 180 valence electrons. The van der Waals surface area contributed by atoms with Gasteiger partial charge in [-0.3, -0.25) is 0 Å². The summed E-state index contributed by atoms with van der Waals surface area (Å²) in [7, 11) is 0. The first kappa shape index (κ1) is 26.0. The molecule has 1 aliphatic carbocycles. The third-order valence-electron chi connectivity index (χ3n) is 5.01. The predicted octanol–water partition coefficient (Wildman–Crippen LogP) is 6.82. The van der Waals surface area contributed by atoms with Crippen LogP contribution >= 0.6 is 34.3 Å². The molecule has 3 heterocycles. The number of aliphatic carboxylic acids is 1. The second kappa shape index (κ2) is 11.2. The van der Waals surface area contributed by atoms with Crippen molar-refractivity contribution in [3.63, 3.8) is 0 Å². The molecule has 0 radical (unpaired) electrons. The van der Waals surface area contributed by atoms with Crippen LogP contribution in [0.15, 0.2) is 48.0 Å². The molecule has 0 aliphatic heterocycles. The second-order valence-electron chi connectivity index (χ2n) is 7.35. The molecule has 4 rings (SSSR count). The van der Waals surface area contributed by atoms with Gasteiger partial charge in [-0.25, -0.2) is 9.78 Å². The van der Waals surface area contributed by atoms with E-state index in [-0.39, 0.29) is 12.0 Å². The lowest BCUT2D eigenvalue weighted by molar-refractivity contribution is -0.192. The Kier molecular flexibility index (Phi) is 8.57. The van der Waals surface area contributed by atoms with Gasteiger partial charge >= 0.3 is 12.1 Å². The summed E-state index contributed by atoms with van der Waals surface area (Å²) in [5.74, 6) is -2.48. The van der Waals surface area contributed by atoms with Gasteiger partial charge in [0.25, 0.3) is 0 Å². The van der Waals surface area contributed by atoms with Crippen LogP contribution in [0.4, 0.5) is 18.9 Å². The largest absolute Gasteiger partial charge is 0.490 e. The molecule has 0 unspecified atom stereocenters. The summed E-state index contributed by atoms with van der Waals surface area (Å²) in [5, 5.41) is 13.2. The van der Waals surface area contributed by atoms with Crippen molar-refractivity contribution in [1.82, 2.24) is 4.98 Å². The minimum Gasteiger partial charge on any atom is -0.475 e. The number of carboxylic acid groups (broad SMARTS) is 1. The summed E-state index contributed by atoms with van der Waals surface area (Å²) < 4.78 is 32.8. The fourth-order valence-corrected chi connectivity index (χ4v) is 5.69. The van der Waals surface area contributed by atoms with Gasteiger partial charge in [-0.1, -0.05) is 36.4 Å². The highest BCUT2D eigenvalue weighted by atomic mass is 35.5. The van der Waals surface area contributed by atoms with E-state index in [2.05, 4.69) is 52.3 Å². The Bertz CT molecular complexity index is 1230. The molecule has 0 bridgehead atoms. The number of alkyl halides is 3. The molecule has 0 saturated carbocycles. The van der Waals surface area contributed by atoms with E-state index in [0.29, 0.717) is 5.15 Å². The molecule has 5 nitrogen and oxygen atoms in total. The van der Waals surface area contributed by atoms with Gasteiger partial charge < -0.3 is 16.2 Å². The number of hydrogen-bond acceptors (Lipinski definition) is 6. The number of fused-ring (bicyclic) bond motifs is 1. The van der Waals surface area contributed by atoms with Crippen LogP contribution < -0.4 is 11.1 Å². The van der Waals surface area contributed by atoms with E-state index in [4.69, 9.17) is 27.2 Å². The Morgan fingerprint density at radius 3 is 2.71 bits per heavy atom. The number of aromatic nitrogens is 1. The molecule has 1 aliphatic rings. The quantitative estimate of drug-likeness (QED) is 0.192. The Hall–Kier alpha value is -2.62. The topological polar surface area (TPSA) is 88.2 Å². The molecular formula is C23H21ClF3N3O2S2. The zero-order valence-electron chi connectivity index (χ0n) is 17.7. The second-order valence-corrected chi connectivity index (χ2v) is 9.82.